The smallest absolute Gasteiger partial charge is 0.0732 e. The SMILES string of the molecule is CCC[C@H](O)[C@H](N)c1ccc(C(C)C)cc1. The largest absolute Gasteiger partial charge is 0.391 e. The summed E-state index contributed by atoms with van der Waals surface area (Å²) in [5, 5.41) is 9.82. The highest BCUT2D eigenvalue weighted by Gasteiger charge is 2.15. The van der Waals surface area contributed by atoms with Gasteiger partial charge in [-0.3, -0.25) is 0 Å². The molecule has 90 valence electrons. The second-order valence-corrected chi connectivity index (χ2v) is 4.70. The minimum absolute atomic E-state index is 0.263. The minimum Gasteiger partial charge on any atom is -0.391 e. The Morgan fingerprint density at radius 2 is 1.62 bits per heavy atom. The highest BCUT2D eigenvalue weighted by atomic mass is 16.3. The molecule has 0 aromatic heterocycles. The van der Waals surface area contributed by atoms with Crippen molar-refractivity contribution in [3.05, 3.63) is 35.4 Å². The molecule has 0 aliphatic heterocycles. The first-order chi connectivity index (χ1) is 7.56. The number of aliphatic hydroxyl groups is 1. The Balaban J connectivity index is 2.73. The van der Waals surface area contributed by atoms with Gasteiger partial charge in [-0.05, 0) is 23.5 Å². The molecule has 0 unspecified atom stereocenters. The Morgan fingerprint density at radius 3 is 2.06 bits per heavy atom. The van der Waals surface area contributed by atoms with Crippen LogP contribution in [0.15, 0.2) is 24.3 Å². The predicted octanol–water partition coefficient (Wildman–Crippen LogP) is 2.97. The van der Waals surface area contributed by atoms with E-state index in [9.17, 15) is 5.11 Å². The number of hydrogen-bond donors (Lipinski definition) is 2. The first-order valence-corrected chi connectivity index (χ1v) is 6.09. The van der Waals surface area contributed by atoms with E-state index in [0.29, 0.717) is 5.92 Å². The molecular formula is C14H23NO. The van der Waals surface area contributed by atoms with E-state index < -0.39 is 6.10 Å². The third kappa shape index (κ3) is 3.32. The summed E-state index contributed by atoms with van der Waals surface area (Å²) in [4.78, 5) is 0. The predicted molar refractivity (Wildman–Crippen MR) is 68.4 cm³/mol. The Bertz CT molecular complexity index is 305. The lowest BCUT2D eigenvalue weighted by molar-refractivity contribution is 0.134. The van der Waals surface area contributed by atoms with Crippen LogP contribution in [-0.2, 0) is 0 Å². The van der Waals surface area contributed by atoms with E-state index in [-0.39, 0.29) is 6.04 Å². The number of nitrogens with two attached hydrogens (primary N) is 1. The van der Waals surface area contributed by atoms with E-state index in [2.05, 4.69) is 32.9 Å². The van der Waals surface area contributed by atoms with Gasteiger partial charge >= 0.3 is 0 Å². The maximum atomic E-state index is 9.82. The van der Waals surface area contributed by atoms with Crippen molar-refractivity contribution in [1.82, 2.24) is 0 Å². The molecule has 0 amide bonds. The molecule has 0 bridgehead atoms. The summed E-state index contributed by atoms with van der Waals surface area (Å²) in [7, 11) is 0. The molecule has 0 radical (unpaired) electrons. The van der Waals surface area contributed by atoms with Crippen LogP contribution in [0.5, 0.6) is 0 Å². The van der Waals surface area contributed by atoms with Crippen LogP contribution in [-0.4, -0.2) is 11.2 Å². The lowest BCUT2D eigenvalue weighted by Crippen LogP contribution is -2.25. The van der Waals surface area contributed by atoms with Gasteiger partial charge < -0.3 is 10.8 Å². The zero-order valence-electron chi connectivity index (χ0n) is 10.5. The van der Waals surface area contributed by atoms with Crippen molar-refractivity contribution in [3.63, 3.8) is 0 Å². The first-order valence-electron chi connectivity index (χ1n) is 6.09. The highest BCUT2D eigenvalue weighted by Crippen LogP contribution is 2.20. The first kappa shape index (κ1) is 13.2. The molecule has 0 aliphatic rings. The summed E-state index contributed by atoms with van der Waals surface area (Å²) in [5.41, 5.74) is 8.33. The standard InChI is InChI=1S/C14H23NO/c1-4-5-13(16)14(15)12-8-6-11(7-9-12)10(2)3/h6-10,13-14,16H,4-5,15H2,1-3H3/t13-,14+/m0/s1. The zero-order valence-corrected chi connectivity index (χ0v) is 10.5. The second kappa shape index (κ2) is 6.02. The quantitative estimate of drug-likeness (QED) is 0.803. The van der Waals surface area contributed by atoms with E-state index in [4.69, 9.17) is 5.73 Å². The molecule has 0 fully saturated rings. The van der Waals surface area contributed by atoms with Gasteiger partial charge in [-0.25, -0.2) is 0 Å². The van der Waals surface area contributed by atoms with Crippen molar-refractivity contribution in [2.45, 2.75) is 51.7 Å². The molecule has 3 N–H and O–H groups in total. The Hall–Kier alpha value is -0.860. The van der Waals surface area contributed by atoms with Crippen molar-refractivity contribution in [2.75, 3.05) is 0 Å². The molecule has 0 heterocycles. The number of hydrogen-bond acceptors (Lipinski definition) is 2. The molecule has 0 saturated heterocycles. The molecule has 2 nitrogen and oxygen atoms in total. The van der Waals surface area contributed by atoms with Gasteiger partial charge in [0, 0.05) is 0 Å². The van der Waals surface area contributed by atoms with E-state index in [0.717, 1.165) is 18.4 Å². The van der Waals surface area contributed by atoms with Gasteiger partial charge in [-0.2, -0.15) is 0 Å². The van der Waals surface area contributed by atoms with Crippen LogP contribution >= 0.6 is 0 Å². The molecule has 0 saturated carbocycles. The third-order valence-corrected chi connectivity index (χ3v) is 2.99. The number of benzene rings is 1. The van der Waals surface area contributed by atoms with Crippen molar-refractivity contribution in [3.8, 4) is 0 Å². The zero-order chi connectivity index (χ0) is 12.1. The Labute approximate surface area is 98.5 Å². The fraction of sp³-hybridized carbons (Fsp3) is 0.571. The average Bonchev–Trinajstić information content (AvgIpc) is 2.28. The van der Waals surface area contributed by atoms with Gasteiger partial charge in [0.1, 0.15) is 0 Å². The number of rotatable bonds is 5. The van der Waals surface area contributed by atoms with Gasteiger partial charge in [0.15, 0.2) is 0 Å². The van der Waals surface area contributed by atoms with Crippen LogP contribution in [0.1, 0.15) is 56.7 Å². The van der Waals surface area contributed by atoms with E-state index in [1.165, 1.54) is 5.56 Å². The summed E-state index contributed by atoms with van der Waals surface area (Å²) in [5.74, 6) is 0.533. The van der Waals surface area contributed by atoms with Gasteiger partial charge in [0.2, 0.25) is 0 Å². The maximum Gasteiger partial charge on any atom is 0.0732 e. The highest BCUT2D eigenvalue weighted by molar-refractivity contribution is 5.27. The van der Waals surface area contributed by atoms with Gasteiger partial charge in [0.25, 0.3) is 0 Å². The van der Waals surface area contributed by atoms with Crippen LogP contribution in [0, 0.1) is 0 Å². The molecule has 2 heteroatoms. The van der Waals surface area contributed by atoms with Crippen molar-refractivity contribution in [1.29, 1.82) is 0 Å². The summed E-state index contributed by atoms with van der Waals surface area (Å²) in [6.07, 6.45) is 1.28. The summed E-state index contributed by atoms with van der Waals surface area (Å²) < 4.78 is 0. The fourth-order valence-corrected chi connectivity index (χ4v) is 1.80. The van der Waals surface area contributed by atoms with Crippen molar-refractivity contribution >= 4 is 0 Å². The van der Waals surface area contributed by atoms with Crippen molar-refractivity contribution < 1.29 is 5.11 Å². The summed E-state index contributed by atoms with van der Waals surface area (Å²) in [6.45, 7) is 6.39. The summed E-state index contributed by atoms with van der Waals surface area (Å²) >= 11 is 0. The maximum absolute atomic E-state index is 9.82. The van der Waals surface area contributed by atoms with Crippen LogP contribution in [0.2, 0.25) is 0 Å². The molecule has 2 atom stereocenters. The van der Waals surface area contributed by atoms with E-state index in [1.54, 1.807) is 0 Å². The average molecular weight is 221 g/mol. The molecule has 1 rings (SSSR count). The molecule has 1 aromatic rings. The third-order valence-electron chi connectivity index (χ3n) is 2.99. The summed E-state index contributed by atoms with van der Waals surface area (Å²) in [6, 6.07) is 7.98. The molecular weight excluding hydrogens is 198 g/mol. The van der Waals surface area contributed by atoms with Crippen LogP contribution in [0.25, 0.3) is 0 Å². The molecule has 16 heavy (non-hydrogen) atoms. The Kier molecular flexibility index (Phi) is 4.97. The van der Waals surface area contributed by atoms with Gasteiger partial charge in [0.05, 0.1) is 12.1 Å². The minimum atomic E-state index is -0.435. The van der Waals surface area contributed by atoms with Crippen LogP contribution in [0.3, 0.4) is 0 Å². The molecule has 0 aliphatic carbocycles. The normalized spacial score (nSPS) is 15.1. The fourth-order valence-electron chi connectivity index (χ4n) is 1.80. The van der Waals surface area contributed by atoms with Gasteiger partial charge in [-0.1, -0.05) is 51.5 Å². The van der Waals surface area contributed by atoms with E-state index >= 15 is 0 Å². The van der Waals surface area contributed by atoms with Crippen molar-refractivity contribution in [2.24, 2.45) is 5.73 Å². The lowest BCUT2D eigenvalue weighted by atomic mass is 9.96. The second-order valence-electron chi connectivity index (χ2n) is 4.70. The molecule has 0 spiro atoms. The molecule has 1 aromatic carbocycles. The Morgan fingerprint density at radius 1 is 1.12 bits per heavy atom. The van der Waals surface area contributed by atoms with Crippen LogP contribution in [0.4, 0.5) is 0 Å². The monoisotopic (exact) mass is 221 g/mol. The number of aliphatic hydroxyl groups excluding tert-OH is 1. The topological polar surface area (TPSA) is 46.2 Å². The van der Waals surface area contributed by atoms with E-state index in [1.807, 2.05) is 12.1 Å². The van der Waals surface area contributed by atoms with Gasteiger partial charge in [-0.15, -0.1) is 0 Å². The lowest BCUT2D eigenvalue weighted by Gasteiger charge is -2.19. The van der Waals surface area contributed by atoms with Crippen LogP contribution < -0.4 is 5.73 Å².